The number of benzene rings is 2. The van der Waals surface area contributed by atoms with Crippen LogP contribution in [0.3, 0.4) is 0 Å². The first-order valence-corrected chi connectivity index (χ1v) is 7.59. The summed E-state index contributed by atoms with van der Waals surface area (Å²) in [5, 5.41) is 0. The summed E-state index contributed by atoms with van der Waals surface area (Å²) >= 11 is 5.22. The van der Waals surface area contributed by atoms with E-state index in [0.29, 0.717) is 0 Å². The van der Waals surface area contributed by atoms with Crippen LogP contribution in [0.25, 0.3) is 0 Å². The molecule has 0 saturated carbocycles. The van der Waals surface area contributed by atoms with E-state index in [9.17, 15) is 0 Å². The number of hydrogen-bond acceptors (Lipinski definition) is 2. The van der Waals surface area contributed by atoms with Gasteiger partial charge < -0.3 is 5.73 Å². The van der Waals surface area contributed by atoms with Gasteiger partial charge in [0.05, 0.1) is 0 Å². The van der Waals surface area contributed by atoms with Gasteiger partial charge in [-0.1, -0.05) is 52.8 Å². The number of rotatable bonds is 4. The van der Waals surface area contributed by atoms with Crippen molar-refractivity contribution in [2.45, 2.75) is 29.2 Å². The molecule has 0 bridgehead atoms. The van der Waals surface area contributed by atoms with Crippen LogP contribution in [0.1, 0.15) is 24.9 Å². The Bertz CT molecular complexity index is 510. The van der Waals surface area contributed by atoms with Crippen LogP contribution >= 0.6 is 27.7 Å². The lowest BCUT2D eigenvalue weighted by molar-refractivity contribution is 0.685. The van der Waals surface area contributed by atoms with Gasteiger partial charge in [0.15, 0.2) is 0 Å². The Morgan fingerprint density at radius 3 is 2.44 bits per heavy atom. The average molecular weight is 322 g/mol. The average Bonchev–Trinajstić information content (AvgIpc) is 2.41. The minimum atomic E-state index is 0.115. The predicted molar refractivity (Wildman–Crippen MR) is 81.9 cm³/mol. The summed E-state index contributed by atoms with van der Waals surface area (Å²) in [5.74, 6) is 0. The molecule has 0 aliphatic carbocycles. The summed E-state index contributed by atoms with van der Waals surface area (Å²) in [7, 11) is 0. The molecule has 94 valence electrons. The molecular formula is C15H16BrNS. The molecule has 0 fully saturated rings. The number of nitrogens with two attached hydrogens (primary N) is 1. The fourth-order valence-electron chi connectivity index (χ4n) is 1.73. The molecule has 2 aromatic carbocycles. The van der Waals surface area contributed by atoms with Crippen molar-refractivity contribution in [1.29, 1.82) is 0 Å². The van der Waals surface area contributed by atoms with Gasteiger partial charge in [-0.15, -0.1) is 0 Å². The highest BCUT2D eigenvalue weighted by molar-refractivity contribution is 9.10. The smallest absolute Gasteiger partial charge is 0.0303 e. The van der Waals surface area contributed by atoms with Crippen molar-refractivity contribution in [3.63, 3.8) is 0 Å². The first-order valence-electron chi connectivity index (χ1n) is 5.98. The van der Waals surface area contributed by atoms with Crippen molar-refractivity contribution in [2.24, 2.45) is 5.73 Å². The summed E-state index contributed by atoms with van der Waals surface area (Å²) in [6.07, 6.45) is 0.956. The van der Waals surface area contributed by atoms with Crippen molar-refractivity contribution in [1.82, 2.24) is 0 Å². The summed E-state index contributed by atoms with van der Waals surface area (Å²) in [5.41, 5.74) is 7.38. The molecule has 0 aromatic heterocycles. The maximum Gasteiger partial charge on any atom is 0.0303 e. The fourth-order valence-corrected chi connectivity index (χ4v) is 3.00. The Labute approximate surface area is 121 Å². The monoisotopic (exact) mass is 321 g/mol. The first kappa shape index (κ1) is 13.7. The zero-order valence-electron chi connectivity index (χ0n) is 10.3. The first-order chi connectivity index (χ1) is 8.70. The van der Waals surface area contributed by atoms with E-state index in [1.165, 1.54) is 15.4 Å². The highest BCUT2D eigenvalue weighted by Crippen LogP contribution is 2.33. The molecule has 2 aromatic rings. The fraction of sp³-hybridized carbons (Fsp3) is 0.200. The number of hydrogen-bond donors (Lipinski definition) is 1. The molecule has 2 N–H and O–H groups in total. The van der Waals surface area contributed by atoms with E-state index in [1.54, 1.807) is 11.8 Å². The lowest BCUT2D eigenvalue weighted by atomic mass is 10.1. The van der Waals surface area contributed by atoms with Crippen molar-refractivity contribution in [3.8, 4) is 0 Å². The van der Waals surface area contributed by atoms with Gasteiger partial charge in [-0.25, -0.2) is 0 Å². The van der Waals surface area contributed by atoms with Crippen LogP contribution < -0.4 is 5.73 Å². The molecule has 18 heavy (non-hydrogen) atoms. The van der Waals surface area contributed by atoms with Gasteiger partial charge in [0.1, 0.15) is 0 Å². The third kappa shape index (κ3) is 3.37. The van der Waals surface area contributed by atoms with Crippen LogP contribution in [0.5, 0.6) is 0 Å². The second-order valence-corrected chi connectivity index (χ2v) is 6.14. The summed E-state index contributed by atoms with van der Waals surface area (Å²) in [4.78, 5) is 2.48. The minimum absolute atomic E-state index is 0.115. The molecule has 1 atom stereocenters. The maximum absolute atomic E-state index is 6.15. The second-order valence-electron chi connectivity index (χ2n) is 4.11. The lowest BCUT2D eigenvalue weighted by Crippen LogP contribution is -2.09. The topological polar surface area (TPSA) is 26.0 Å². The van der Waals surface area contributed by atoms with Gasteiger partial charge in [0.2, 0.25) is 0 Å². The largest absolute Gasteiger partial charge is 0.324 e. The molecule has 1 unspecified atom stereocenters. The van der Waals surface area contributed by atoms with Gasteiger partial charge in [-0.3, -0.25) is 0 Å². The SMILES string of the molecule is CCC(N)c1ccccc1Sc1ccc(Br)cc1. The minimum Gasteiger partial charge on any atom is -0.324 e. The van der Waals surface area contributed by atoms with Crippen LogP contribution in [-0.4, -0.2) is 0 Å². The van der Waals surface area contributed by atoms with Crippen LogP contribution in [0, 0.1) is 0 Å². The van der Waals surface area contributed by atoms with Gasteiger partial charge in [0.25, 0.3) is 0 Å². The van der Waals surface area contributed by atoms with Gasteiger partial charge in [-0.2, -0.15) is 0 Å². The quantitative estimate of drug-likeness (QED) is 0.856. The van der Waals surface area contributed by atoms with E-state index in [0.717, 1.165) is 10.9 Å². The molecule has 1 nitrogen and oxygen atoms in total. The summed E-state index contributed by atoms with van der Waals surface area (Å²) in [6.45, 7) is 2.12. The van der Waals surface area contributed by atoms with Crippen molar-refractivity contribution >= 4 is 27.7 Å². The van der Waals surface area contributed by atoms with E-state index in [2.05, 4.69) is 71.4 Å². The lowest BCUT2D eigenvalue weighted by Gasteiger charge is -2.14. The van der Waals surface area contributed by atoms with E-state index >= 15 is 0 Å². The summed E-state index contributed by atoms with van der Waals surface area (Å²) in [6, 6.07) is 16.8. The van der Waals surface area contributed by atoms with Gasteiger partial charge in [0, 0.05) is 20.3 Å². The molecule has 0 amide bonds. The second kappa shape index (κ2) is 6.41. The molecule has 0 saturated heterocycles. The van der Waals surface area contributed by atoms with Crippen molar-refractivity contribution in [3.05, 3.63) is 58.6 Å². The highest BCUT2D eigenvalue weighted by atomic mass is 79.9. The summed E-state index contributed by atoms with van der Waals surface area (Å²) < 4.78 is 1.10. The maximum atomic E-state index is 6.15. The Morgan fingerprint density at radius 2 is 1.78 bits per heavy atom. The molecule has 0 heterocycles. The molecular weight excluding hydrogens is 306 g/mol. The Balaban J connectivity index is 2.26. The van der Waals surface area contributed by atoms with E-state index in [-0.39, 0.29) is 6.04 Å². The Hall–Kier alpha value is -0.770. The zero-order chi connectivity index (χ0) is 13.0. The third-order valence-corrected chi connectivity index (χ3v) is 4.43. The van der Waals surface area contributed by atoms with E-state index in [1.807, 2.05) is 0 Å². The highest BCUT2D eigenvalue weighted by Gasteiger charge is 2.09. The van der Waals surface area contributed by atoms with Crippen LogP contribution in [-0.2, 0) is 0 Å². The third-order valence-electron chi connectivity index (χ3n) is 2.80. The van der Waals surface area contributed by atoms with Crippen LogP contribution in [0.15, 0.2) is 62.8 Å². The van der Waals surface area contributed by atoms with Gasteiger partial charge >= 0.3 is 0 Å². The predicted octanol–water partition coefficient (Wildman–Crippen LogP) is 5.01. The molecule has 0 aliphatic rings. The molecule has 3 heteroatoms. The van der Waals surface area contributed by atoms with E-state index in [4.69, 9.17) is 5.73 Å². The standard InChI is InChI=1S/C15H16BrNS/c1-2-14(17)13-5-3-4-6-15(13)18-12-9-7-11(16)8-10-12/h3-10,14H,2,17H2,1H3. The van der Waals surface area contributed by atoms with Crippen LogP contribution in [0.4, 0.5) is 0 Å². The Morgan fingerprint density at radius 1 is 1.11 bits per heavy atom. The van der Waals surface area contributed by atoms with Crippen molar-refractivity contribution in [2.75, 3.05) is 0 Å². The van der Waals surface area contributed by atoms with Crippen LogP contribution in [0.2, 0.25) is 0 Å². The van der Waals surface area contributed by atoms with Crippen molar-refractivity contribution < 1.29 is 0 Å². The number of halogens is 1. The van der Waals surface area contributed by atoms with Gasteiger partial charge in [-0.05, 0) is 42.3 Å². The molecule has 2 rings (SSSR count). The normalized spacial score (nSPS) is 12.4. The molecule has 0 aliphatic heterocycles. The zero-order valence-corrected chi connectivity index (χ0v) is 12.7. The van der Waals surface area contributed by atoms with E-state index < -0.39 is 0 Å². The molecule has 0 radical (unpaired) electrons. The molecule has 0 spiro atoms. The Kier molecular flexibility index (Phi) is 4.87.